The van der Waals surface area contributed by atoms with Crippen LogP contribution in [0.3, 0.4) is 0 Å². The third-order valence-corrected chi connectivity index (χ3v) is 7.16. The summed E-state index contributed by atoms with van der Waals surface area (Å²) in [4.78, 5) is 18.3. The van der Waals surface area contributed by atoms with Crippen molar-refractivity contribution in [2.75, 3.05) is 42.5 Å². The summed E-state index contributed by atoms with van der Waals surface area (Å²) >= 11 is 6.08. The van der Waals surface area contributed by atoms with E-state index < -0.39 is 0 Å². The van der Waals surface area contributed by atoms with Crippen LogP contribution in [0.1, 0.15) is 45.2 Å². The molecule has 1 fully saturated rings. The molecule has 186 valence electrons. The Bertz CT molecular complexity index is 1120. The number of allylic oxidation sites excluding steroid dienone is 2. The van der Waals surface area contributed by atoms with Crippen LogP contribution in [0, 0.1) is 5.92 Å². The van der Waals surface area contributed by atoms with E-state index in [0.29, 0.717) is 35.4 Å². The lowest BCUT2D eigenvalue weighted by Gasteiger charge is -2.31. The zero-order chi connectivity index (χ0) is 24.9. The van der Waals surface area contributed by atoms with Crippen molar-refractivity contribution in [1.82, 2.24) is 5.32 Å². The number of hydrogen-bond acceptors (Lipinski definition) is 4. The Morgan fingerprint density at radius 3 is 2.54 bits per heavy atom. The minimum Gasteiger partial charge on any atom is -0.451 e. The summed E-state index contributed by atoms with van der Waals surface area (Å²) in [6, 6.07) is 14.1. The van der Waals surface area contributed by atoms with E-state index in [9.17, 15) is 4.79 Å². The molecule has 1 amide bonds. The van der Waals surface area contributed by atoms with Gasteiger partial charge in [0.1, 0.15) is 5.76 Å². The first-order chi connectivity index (χ1) is 16.9. The van der Waals surface area contributed by atoms with E-state index >= 15 is 0 Å². The molecule has 1 N–H and O–H groups in total. The largest absolute Gasteiger partial charge is 0.451 e. The molecule has 1 atom stereocenters. The minimum atomic E-state index is -0.0789. The predicted octanol–water partition coefficient (Wildman–Crippen LogP) is 6.04. The second-order valence-corrected chi connectivity index (χ2v) is 9.96. The number of halogens is 1. The first-order valence-corrected chi connectivity index (χ1v) is 13.0. The fraction of sp³-hybridized carbons (Fsp3) is 0.414. The maximum absolute atomic E-state index is 14.0. The Balaban J connectivity index is 1.71. The molecule has 0 saturated carbocycles. The zero-order valence-electron chi connectivity index (χ0n) is 21.2. The van der Waals surface area contributed by atoms with E-state index in [4.69, 9.17) is 16.3 Å². The van der Waals surface area contributed by atoms with Gasteiger partial charge in [-0.3, -0.25) is 4.79 Å². The number of nitrogens with one attached hydrogen (secondary N) is 1. The van der Waals surface area contributed by atoms with Gasteiger partial charge in [-0.15, -0.1) is 0 Å². The SMILES string of the molecule is C/C=C(\OC1=C(C)Cc2cc(N3CCNCC3)ccc2N(CC(C)CC)C1=O)c1ccc(Cl)cc1. The molecule has 35 heavy (non-hydrogen) atoms. The third-order valence-electron chi connectivity index (χ3n) is 6.91. The van der Waals surface area contributed by atoms with E-state index in [-0.39, 0.29) is 5.91 Å². The minimum absolute atomic E-state index is 0.0789. The van der Waals surface area contributed by atoms with Crippen molar-refractivity contribution < 1.29 is 9.53 Å². The number of nitrogens with zero attached hydrogens (tertiary/aromatic N) is 2. The van der Waals surface area contributed by atoms with Gasteiger partial charge in [0, 0.05) is 54.7 Å². The predicted molar refractivity (Wildman–Crippen MR) is 146 cm³/mol. The molecule has 1 saturated heterocycles. The molecule has 5 nitrogen and oxygen atoms in total. The van der Waals surface area contributed by atoms with Gasteiger partial charge in [0.2, 0.25) is 0 Å². The number of benzene rings is 2. The molecule has 2 aromatic carbocycles. The van der Waals surface area contributed by atoms with Crippen LogP contribution >= 0.6 is 11.6 Å². The fourth-order valence-corrected chi connectivity index (χ4v) is 4.76. The second kappa shape index (κ2) is 11.3. The molecule has 1 unspecified atom stereocenters. The fourth-order valence-electron chi connectivity index (χ4n) is 4.64. The van der Waals surface area contributed by atoms with E-state index in [1.807, 2.05) is 49.1 Å². The molecule has 0 spiro atoms. The van der Waals surface area contributed by atoms with Crippen molar-refractivity contribution >= 4 is 34.6 Å². The standard InChI is InChI=1S/C29H36ClN3O2/c1-5-20(3)19-33-26-12-11-25(32-15-13-31-14-16-32)18-23(26)17-21(4)28(29(33)34)35-27(6-2)22-7-9-24(30)10-8-22/h6-12,18,20,31H,5,13-17,19H2,1-4H3/b27-6-. The lowest BCUT2D eigenvalue weighted by atomic mass is 10.0. The van der Waals surface area contributed by atoms with Gasteiger partial charge in [-0.25, -0.2) is 0 Å². The molecule has 6 heteroatoms. The summed E-state index contributed by atoms with van der Waals surface area (Å²) in [5.74, 6) is 1.36. The van der Waals surface area contributed by atoms with Gasteiger partial charge in [-0.05, 0) is 85.9 Å². The van der Waals surface area contributed by atoms with Crippen LogP contribution in [0.5, 0.6) is 0 Å². The number of carbonyl (C=O) groups excluding carboxylic acids is 1. The maximum atomic E-state index is 14.0. The second-order valence-electron chi connectivity index (χ2n) is 9.53. The summed E-state index contributed by atoms with van der Waals surface area (Å²) < 4.78 is 6.38. The molecule has 0 aliphatic carbocycles. The van der Waals surface area contributed by atoms with E-state index in [0.717, 1.165) is 49.4 Å². The van der Waals surface area contributed by atoms with Gasteiger partial charge < -0.3 is 19.9 Å². The van der Waals surface area contributed by atoms with Crippen molar-refractivity contribution in [1.29, 1.82) is 0 Å². The van der Waals surface area contributed by atoms with Gasteiger partial charge in [0.25, 0.3) is 5.91 Å². The van der Waals surface area contributed by atoms with Crippen LogP contribution in [0.2, 0.25) is 5.02 Å². The van der Waals surface area contributed by atoms with Gasteiger partial charge in [-0.2, -0.15) is 0 Å². The van der Waals surface area contributed by atoms with Crippen LogP contribution in [0.25, 0.3) is 5.76 Å². The molecule has 0 bridgehead atoms. The lowest BCUT2D eigenvalue weighted by molar-refractivity contribution is -0.117. The Morgan fingerprint density at radius 1 is 1.17 bits per heavy atom. The number of carbonyl (C=O) groups is 1. The van der Waals surface area contributed by atoms with Crippen molar-refractivity contribution in [2.24, 2.45) is 5.92 Å². The van der Waals surface area contributed by atoms with Gasteiger partial charge in [0.15, 0.2) is 5.76 Å². The summed E-state index contributed by atoms with van der Waals surface area (Å²) in [6.45, 7) is 12.9. The highest BCUT2D eigenvalue weighted by molar-refractivity contribution is 6.30. The van der Waals surface area contributed by atoms with E-state index in [1.54, 1.807) is 0 Å². The molecule has 0 aromatic heterocycles. The Kier molecular flexibility index (Phi) is 8.19. The number of fused-ring (bicyclic) bond motifs is 1. The number of piperazine rings is 1. The summed E-state index contributed by atoms with van der Waals surface area (Å²) in [7, 11) is 0. The van der Waals surface area contributed by atoms with Crippen molar-refractivity contribution in [3.05, 3.63) is 76.0 Å². The van der Waals surface area contributed by atoms with E-state index in [1.165, 1.54) is 11.3 Å². The number of rotatable bonds is 7. The number of anilines is 2. The molecule has 0 radical (unpaired) electrons. The summed E-state index contributed by atoms with van der Waals surface area (Å²) in [6.07, 6.45) is 3.57. The Hall–Kier alpha value is -2.76. The number of hydrogen-bond donors (Lipinski definition) is 1. The lowest BCUT2D eigenvalue weighted by Crippen LogP contribution is -2.43. The molecule has 2 aliphatic rings. The van der Waals surface area contributed by atoms with E-state index in [2.05, 4.69) is 42.3 Å². The topological polar surface area (TPSA) is 44.8 Å². The summed E-state index contributed by atoms with van der Waals surface area (Å²) in [5.41, 5.74) is 5.20. The van der Waals surface area contributed by atoms with Crippen molar-refractivity contribution in [3.63, 3.8) is 0 Å². The van der Waals surface area contributed by atoms with Crippen molar-refractivity contribution in [2.45, 2.75) is 40.5 Å². The highest BCUT2D eigenvalue weighted by Crippen LogP contribution is 2.35. The number of amides is 1. The van der Waals surface area contributed by atoms with Gasteiger partial charge in [-0.1, -0.05) is 31.9 Å². The van der Waals surface area contributed by atoms with Gasteiger partial charge >= 0.3 is 0 Å². The Morgan fingerprint density at radius 2 is 1.89 bits per heavy atom. The normalized spacial score (nSPS) is 17.9. The van der Waals surface area contributed by atoms with Crippen LogP contribution in [0.15, 0.2) is 59.9 Å². The van der Waals surface area contributed by atoms with Crippen molar-refractivity contribution in [3.8, 4) is 0 Å². The average molecular weight is 494 g/mol. The highest BCUT2D eigenvalue weighted by atomic mass is 35.5. The van der Waals surface area contributed by atoms with Crippen LogP contribution < -0.4 is 15.1 Å². The van der Waals surface area contributed by atoms with Crippen LogP contribution in [0.4, 0.5) is 11.4 Å². The zero-order valence-corrected chi connectivity index (χ0v) is 22.0. The first-order valence-electron chi connectivity index (χ1n) is 12.6. The van der Waals surface area contributed by atoms with Crippen LogP contribution in [-0.2, 0) is 16.0 Å². The maximum Gasteiger partial charge on any atom is 0.293 e. The number of ether oxygens (including phenoxy) is 1. The monoisotopic (exact) mass is 493 g/mol. The molecular weight excluding hydrogens is 458 g/mol. The smallest absolute Gasteiger partial charge is 0.293 e. The first kappa shape index (κ1) is 25.3. The molecule has 2 heterocycles. The van der Waals surface area contributed by atoms with Gasteiger partial charge in [0.05, 0.1) is 0 Å². The molecule has 2 aliphatic heterocycles. The third kappa shape index (κ3) is 5.74. The van der Waals surface area contributed by atoms with Crippen LogP contribution in [-0.4, -0.2) is 38.6 Å². The highest BCUT2D eigenvalue weighted by Gasteiger charge is 2.31. The summed E-state index contributed by atoms with van der Waals surface area (Å²) in [5, 5.41) is 4.09. The average Bonchev–Trinajstić information content (AvgIpc) is 2.97. The molecular formula is C29H36ClN3O2. The molecule has 2 aromatic rings. The Labute approximate surface area is 214 Å². The quantitative estimate of drug-likeness (QED) is 0.478. The molecule has 4 rings (SSSR count).